The molecule has 3 atom stereocenters. The van der Waals surface area contributed by atoms with Gasteiger partial charge in [0, 0.05) is 23.9 Å². The van der Waals surface area contributed by atoms with E-state index >= 15 is 0 Å². The number of hydrogen-bond acceptors (Lipinski definition) is 3. The molecule has 3 heterocycles. The van der Waals surface area contributed by atoms with Crippen LogP contribution in [0.15, 0.2) is 0 Å². The zero-order valence-corrected chi connectivity index (χ0v) is 11.0. The van der Waals surface area contributed by atoms with E-state index in [1.165, 1.54) is 63.1 Å². The van der Waals surface area contributed by atoms with E-state index in [2.05, 4.69) is 22.0 Å². The van der Waals surface area contributed by atoms with Gasteiger partial charge in [-0.1, -0.05) is 6.42 Å². The standard InChI is InChI=1S/C13H24N2S/c1-2-8-15(11-6-9-16-10-11)13(5-1)12-4-3-7-14-12/h11-14H,1-10H2. The van der Waals surface area contributed by atoms with E-state index in [-0.39, 0.29) is 0 Å². The molecule has 3 rings (SSSR count). The molecule has 0 spiro atoms. The summed E-state index contributed by atoms with van der Waals surface area (Å²) in [7, 11) is 0. The van der Waals surface area contributed by atoms with Gasteiger partial charge in [0.1, 0.15) is 0 Å². The maximum atomic E-state index is 3.73. The highest BCUT2D eigenvalue weighted by atomic mass is 32.2. The van der Waals surface area contributed by atoms with Crippen LogP contribution in [-0.2, 0) is 0 Å². The van der Waals surface area contributed by atoms with Crippen LogP contribution in [0.1, 0.15) is 38.5 Å². The van der Waals surface area contributed by atoms with Gasteiger partial charge < -0.3 is 5.32 Å². The van der Waals surface area contributed by atoms with Gasteiger partial charge in [-0.15, -0.1) is 0 Å². The van der Waals surface area contributed by atoms with Crippen molar-refractivity contribution in [3.8, 4) is 0 Å². The smallest absolute Gasteiger partial charge is 0.0252 e. The molecule has 0 aromatic heterocycles. The van der Waals surface area contributed by atoms with Crippen molar-refractivity contribution in [1.82, 2.24) is 10.2 Å². The lowest BCUT2D eigenvalue weighted by molar-refractivity contribution is 0.0835. The van der Waals surface area contributed by atoms with Gasteiger partial charge in [-0.05, 0) is 50.9 Å². The Kier molecular flexibility index (Phi) is 3.75. The van der Waals surface area contributed by atoms with E-state index in [9.17, 15) is 0 Å². The zero-order valence-electron chi connectivity index (χ0n) is 10.2. The second kappa shape index (κ2) is 5.28. The molecule has 2 nitrogen and oxygen atoms in total. The van der Waals surface area contributed by atoms with E-state index in [0.29, 0.717) is 0 Å². The molecule has 0 amide bonds. The summed E-state index contributed by atoms with van der Waals surface area (Å²) in [6.07, 6.45) is 8.59. The Morgan fingerprint density at radius 3 is 2.81 bits per heavy atom. The molecule has 0 bridgehead atoms. The van der Waals surface area contributed by atoms with Crippen LogP contribution < -0.4 is 5.32 Å². The third kappa shape index (κ3) is 2.27. The number of nitrogens with one attached hydrogen (secondary N) is 1. The summed E-state index contributed by atoms with van der Waals surface area (Å²) in [5.74, 6) is 2.79. The first kappa shape index (κ1) is 11.4. The Bertz CT molecular complexity index is 198. The second-order valence-electron chi connectivity index (χ2n) is 5.52. The molecule has 0 aliphatic carbocycles. The largest absolute Gasteiger partial charge is 0.312 e. The fourth-order valence-corrected chi connectivity index (χ4v) is 4.92. The summed E-state index contributed by atoms with van der Waals surface area (Å²) in [5.41, 5.74) is 0. The lowest BCUT2D eigenvalue weighted by Crippen LogP contribution is -2.54. The Hall–Kier alpha value is 0.270. The normalized spacial score (nSPS) is 41.6. The van der Waals surface area contributed by atoms with E-state index in [1.807, 2.05) is 0 Å². The molecular weight excluding hydrogens is 216 g/mol. The molecule has 3 aliphatic heterocycles. The number of likely N-dealkylation sites (tertiary alicyclic amines) is 1. The molecule has 16 heavy (non-hydrogen) atoms. The molecule has 1 N–H and O–H groups in total. The maximum absolute atomic E-state index is 3.73. The minimum absolute atomic E-state index is 0.811. The lowest BCUT2D eigenvalue weighted by Gasteiger charge is -2.42. The average Bonchev–Trinajstić information content (AvgIpc) is 3.03. The Labute approximate surface area is 104 Å². The highest BCUT2D eigenvalue weighted by molar-refractivity contribution is 7.99. The molecule has 3 aliphatic rings. The van der Waals surface area contributed by atoms with Crippen molar-refractivity contribution in [2.24, 2.45) is 0 Å². The summed E-state index contributed by atoms with van der Waals surface area (Å²) >= 11 is 2.16. The predicted molar refractivity (Wildman–Crippen MR) is 71.1 cm³/mol. The van der Waals surface area contributed by atoms with Crippen LogP contribution in [0, 0.1) is 0 Å². The first-order chi connectivity index (χ1) is 7.95. The van der Waals surface area contributed by atoms with Crippen LogP contribution in [0.2, 0.25) is 0 Å². The molecule has 0 saturated carbocycles. The van der Waals surface area contributed by atoms with Gasteiger partial charge in [0.2, 0.25) is 0 Å². The summed E-state index contributed by atoms with van der Waals surface area (Å²) in [4.78, 5) is 2.87. The molecule has 3 unspecified atom stereocenters. The Morgan fingerprint density at radius 2 is 2.06 bits per heavy atom. The van der Waals surface area contributed by atoms with Crippen molar-refractivity contribution in [3.05, 3.63) is 0 Å². The van der Waals surface area contributed by atoms with Gasteiger partial charge >= 0.3 is 0 Å². The summed E-state index contributed by atoms with van der Waals surface area (Å²) in [6.45, 7) is 2.63. The van der Waals surface area contributed by atoms with Gasteiger partial charge in [-0.25, -0.2) is 0 Å². The summed E-state index contributed by atoms with van der Waals surface area (Å²) in [6, 6.07) is 2.57. The van der Waals surface area contributed by atoms with E-state index < -0.39 is 0 Å². The van der Waals surface area contributed by atoms with Gasteiger partial charge in [0.05, 0.1) is 0 Å². The van der Waals surface area contributed by atoms with Crippen LogP contribution in [-0.4, -0.2) is 47.6 Å². The molecule has 3 fully saturated rings. The molecule has 3 saturated heterocycles. The van der Waals surface area contributed by atoms with E-state index in [4.69, 9.17) is 0 Å². The molecule has 3 heteroatoms. The van der Waals surface area contributed by atoms with Crippen LogP contribution in [0.4, 0.5) is 0 Å². The van der Waals surface area contributed by atoms with Gasteiger partial charge in [0.15, 0.2) is 0 Å². The van der Waals surface area contributed by atoms with Crippen molar-refractivity contribution in [1.29, 1.82) is 0 Å². The highest BCUT2D eigenvalue weighted by Crippen LogP contribution is 2.31. The van der Waals surface area contributed by atoms with Gasteiger partial charge in [0.25, 0.3) is 0 Å². The van der Waals surface area contributed by atoms with Crippen molar-refractivity contribution < 1.29 is 0 Å². The summed E-state index contributed by atoms with van der Waals surface area (Å²) in [5, 5.41) is 3.73. The average molecular weight is 240 g/mol. The topological polar surface area (TPSA) is 15.3 Å². The van der Waals surface area contributed by atoms with Crippen LogP contribution >= 0.6 is 11.8 Å². The molecule has 0 aromatic carbocycles. The van der Waals surface area contributed by atoms with Gasteiger partial charge in [-0.3, -0.25) is 4.90 Å². The second-order valence-corrected chi connectivity index (χ2v) is 6.67. The molecular formula is C13H24N2S. The minimum atomic E-state index is 0.811. The van der Waals surface area contributed by atoms with E-state index in [1.54, 1.807) is 0 Å². The van der Waals surface area contributed by atoms with Crippen molar-refractivity contribution in [2.75, 3.05) is 24.6 Å². The minimum Gasteiger partial charge on any atom is -0.312 e. The van der Waals surface area contributed by atoms with Crippen molar-refractivity contribution in [3.63, 3.8) is 0 Å². The first-order valence-electron chi connectivity index (χ1n) is 7.02. The maximum Gasteiger partial charge on any atom is 0.0252 e. The highest BCUT2D eigenvalue weighted by Gasteiger charge is 2.36. The summed E-state index contributed by atoms with van der Waals surface area (Å²) < 4.78 is 0. The SMILES string of the molecule is C1CNC(C2CCCCN2C2CCSC2)C1. The quantitative estimate of drug-likeness (QED) is 0.796. The molecule has 92 valence electrons. The first-order valence-corrected chi connectivity index (χ1v) is 8.17. The van der Waals surface area contributed by atoms with Crippen molar-refractivity contribution in [2.45, 2.75) is 56.7 Å². The third-order valence-corrected chi connectivity index (χ3v) is 5.67. The van der Waals surface area contributed by atoms with Crippen LogP contribution in [0.5, 0.6) is 0 Å². The number of nitrogens with zero attached hydrogens (tertiary/aromatic N) is 1. The molecule has 0 radical (unpaired) electrons. The molecule has 0 aromatic rings. The Balaban J connectivity index is 1.67. The van der Waals surface area contributed by atoms with E-state index in [0.717, 1.165) is 18.1 Å². The lowest BCUT2D eigenvalue weighted by atomic mass is 9.92. The fourth-order valence-electron chi connectivity index (χ4n) is 3.69. The van der Waals surface area contributed by atoms with Crippen LogP contribution in [0.25, 0.3) is 0 Å². The van der Waals surface area contributed by atoms with Gasteiger partial charge in [-0.2, -0.15) is 11.8 Å². The fraction of sp³-hybridized carbons (Fsp3) is 1.00. The van der Waals surface area contributed by atoms with Crippen LogP contribution in [0.3, 0.4) is 0 Å². The van der Waals surface area contributed by atoms with Crippen molar-refractivity contribution >= 4 is 11.8 Å². The number of thioether (sulfide) groups is 1. The Morgan fingerprint density at radius 1 is 1.06 bits per heavy atom. The number of piperidine rings is 1. The monoisotopic (exact) mass is 240 g/mol. The number of hydrogen-bond donors (Lipinski definition) is 1. The predicted octanol–water partition coefficient (Wildman–Crippen LogP) is 2.10. The zero-order chi connectivity index (χ0) is 10.8. The number of rotatable bonds is 2. The third-order valence-electron chi connectivity index (χ3n) is 4.53.